The number of amides is 1. The topological polar surface area (TPSA) is 81.5 Å². The fraction of sp³-hybridized carbons (Fsp3) is 0.176. The summed E-state index contributed by atoms with van der Waals surface area (Å²) in [5.74, 6) is 0.965. The quantitative estimate of drug-likeness (QED) is 0.604. The van der Waals surface area contributed by atoms with Crippen molar-refractivity contribution in [3.8, 4) is 11.1 Å². The zero-order valence-electron chi connectivity index (χ0n) is 12.6. The number of carbonyl (C=O) groups excluding carboxylic acids is 1. The second kappa shape index (κ2) is 5.53. The van der Waals surface area contributed by atoms with Crippen LogP contribution in [0.1, 0.15) is 21.5 Å². The molecule has 1 heterocycles. The van der Waals surface area contributed by atoms with E-state index in [2.05, 4.69) is 4.99 Å². The van der Waals surface area contributed by atoms with Crippen LogP contribution < -0.4 is 11.5 Å². The molecule has 1 amide bonds. The maximum absolute atomic E-state index is 14.5. The van der Waals surface area contributed by atoms with Crippen molar-refractivity contribution >= 4 is 35.4 Å². The predicted octanol–water partition coefficient (Wildman–Crippen LogP) is 2.90. The number of benzene rings is 2. The van der Waals surface area contributed by atoms with Gasteiger partial charge in [-0.15, -0.1) is 23.5 Å². The zero-order valence-corrected chi connectivity index (χ0v) is 14.2. The second-order valence-corrected chi connectivity index (χ2v) is 8.46. The van der Waals surface area contributed by atoms with Gasteiger partial charge in [0.1, 0.15) is 9.90 Å². The van der Waals surface area contributed by atoms with Gasteiger partial charge in [-0.3, -0.25) is 4.79 Å². The third-order valence-electron chi connectivity index (χ3n) is 4.18. The predicted molar refractivity (Wildman–Crippen MR) is 97.7 cm³/mol. The lowest BCUT2D eigenvalue weighted by atomic mass is 10.0. The first-order chi connectivity index (χ1) is 11.5. The summed E-state index contributed by atoms with van der Waals surface area (Å²) in [4.78, 5) is 15.8. The average Bonchev–Trinajstić information content (AvgIpc) is 3.13. The number of fused-ring (bicyclic) bond motifs is 5. The van der Waals surface area contributed by atoms with E-state index >= 15 is 0 Å². The second-order valence-electron chi connectivity index (χ2n) is 5.58. The minimum atomic E-state index is -0.489. The van der Waals surface area contributed by atoms with Crippen LogP contribution in [0.4, 0.5) is 4.39 Å². The Bertz CT molecular complexity index is 887. The van der Waals surface area contributed by atoms with E-state index in [0.717, 1.165) is 28.2 Å². The molecule has 122 valence electrons. The molecular formula is C17H14FN3OS2. The Morgan fingerprint density at radius 3 is 2.58 bits per heavy atom. The molecule has 0 bridgehead atoms. The van der Waals surface area contributed by atoms with E-state index in [0.29, 0.717) is 11.1 Å². The fourth-order valence-corrected chi connectivity index (χ4v) is 6.66. The number of hydrogen-bond acceptors (Lipinski definition) is 3. The van der Waals surface area contributed by atoms with Gasteiger partial charge in [0.2, 0.25) is 0 Å². The minimum absolute atomic E-state index is 0.234. The van der Waals surface area contributed by atoms with Crippen LogP contribution in [-0.4, -0.2) is 23.4 Å². The lowest BCUT2D eigenvalue weighted by Crippen LogP contribution is -2.24. The highest BCUT2D eigenvalue weighted by molar-refractivity contribution is 8.20. The first-order valence-electron chi connectivity index (χ1n) is 7.39. The Morgan fingerprint density at radius 1 is 1.12 bits per heavy atom. The molecule has 0 saturated carbocycles. The highest BCUT2D eigenvalue weighted by Gasteiger charge is 2.48. The van der Waals surface area contributed by atoms with Crippen molar-refractivity contribution in [2.24, 2.45) is 16.5 Å². The van der Waals surface area contributed by atoms with E-state index in [4.69, 9.17) is 11.5 Å². The van der Waals surface area contributed by atoms with Crippen LogP contribution in [0.2, 0.25) is 0 Å². The normalized spacial score (nSPS) is 16.7. The summed E-state index contributed by atoms with van der Waals surface area (Å²) in [7, 11) is 0. The lowest BCUT2D eigenvalue weighted by molar-refractivity contribution is 0.100. The monoisotopic (exact) mass is 359 g/mol. The summed E-state index contributed by atoms with van der Waals surface area (Å²) in [5, 5.41) is 0. The Kier molecular flexibility index (Phi) is 3.58. The molecular weight excluding hydrogens is 345 g/mol. The summed E-state index contributed by atoms with van der Waals surface area (Å²) < 4.78 is 14.1. The van der Waals surface area contributed by atoms with Gasteiger partial charge in [-0.05, 0) is 34.9 Å². The molecule has 1 aliphatic heterocycles. The Labute approximate surface area is 146 Å². The molecule has 0 radical (unpaired) electrons. The van der Waals surface area contributed by atoms with Crippen LogP contribution in [0.15, 0.2) is 41.4 Å². The van der Waals surface area contributed by atoms with Crippen LogP contribution in [0.25, 0.3) is 11.1 Å². The number of carbonyl (C=O) groups is 1. The van der Waals surface area contributed by atoms with Crippen LogP contribution >= 0.6 is 23.5 Å². The molecule has 0 unspecified atom stereocenters. The van der Waals surface area contributed by atoms with E-state index in [1.54, 1.807) is 47.8 Å². The van der Waals surface area contributed by atoms with Crippen molar-refractivity contribution in [1.82, 2.24) is 0 Å². The highest BCUT2D eigenvalue weighted by atomic mass is 32.2. The van der Waals surface area contributed by atoms with Gasteiger partial charge in [0.25, 0.3) is 5.91 Å². The molecule has 0 atom stereocenters. The van der Waals surface area contributed by atoms with Gasteiger partial charge in [0, 0.05) is 22.6 Å². The molecule has 2 aromatic rings. The molecule has 1 aliphatic carbocycles. The summed E-state index contributed by atoms with van der Waals surface area (Å²) in [6.07, 6.45) is 0. The van der Waals surface area contributed by atoms with Gasteiger partial charge >= 0.3 is 0 Å². The molecule has 1 spiro atoms. The first kappa shape index (κ1) is 15.5. The van der Waals surface area contributed by atoms with E-state index in [1.165, 1.54) is 6.07 Å². The number of nitrogens with zero attached hydrogens (tertiary/aromatic N) is 1. The van der Waals surface area contributed by atoms with Crippen molar-refractivity contribution in [3.63, 3.8) is 0 Å². The van der Waals surface area contributed by atoms with Crippen LogP contribution in [0.3, 0.4) is 0 Å². The summed E-state index contributed by atoms with van der Waals surface area (Å²) in [5.41, 5.74) is 14.4. The molecule has 2 aliphatic rings. The van der Waals surface area contributed by atoms with Crippen molar-refractivity contribution in [3.05, 3.63) is 58.9 Å². The highest BCUT2D eigenvalue weighted by Crippen LogP contribution is 2.64. The maximum atomic E-state index is 14.5. The molecule has 4 nitrogen and oxygen atoms in total. The Hall–Kier alpha value is -1.99. The van der Waals surface area contributed by atoms with E-state index < -0.39 is 5.91 Å². The number of hydrogen-bond donors (Lipinski definition) is 2. The molecule has 4 rings (SSSR count). The van der Waals surface area contributed by atoms with Crippen molar-refractivity contribution in [1.29, 1.82) is 0 Å². The van der Waals surface area contributed by atoms with Crippen LogP contribution in [0, 0.1) is 5.82 Å². The maximum Gasteiger partial charge on any atom is 0.280 e. The van der Waals surface area contributed by atoms with Gasteiger partial charge in [-0.25, -0.2) is 4.39 Å². The lowest BCUT2D eigenvalue weighted by Gasteiger charge is -2.24. The third-order valence-corrected chi connectivity index (χ3v) is 7.66. The smallest absolute Gasteiger partial charge is 0.280 e. The number of aliphatic imine (C=N–C) groups is 1. The molecule has 1 fully saturated rings. The molecule has 2 aromatic carbocycles. The summed E-state index contributed by atoms with van der Waals surface area (Å²) in [6.45, 7) is 0. The number of rotatable bonds is 1. The zero-order chi connectivity index (χ0) is 16.9. The van der Waals surface area contributed by atoms with Crippen molar-refractivity contribution < 1.29 is 9.18 Å². The third kappa shape index (κ3) is 2.15. The summed E-state index contributed by atoms with van der Waals surface area (Å²) in [6, 6.07) is 10.4. The van der Waals surface area contributed by atoms with Crippen LogP contribution in [0.5, 0.6) is 0 Å². The van der Waals surface area contributed by atoms with Crippen molar-refractivity contribution in [2.45, 2.75) is 4.08 Å². The number of guanidine groups is 1. The molecule has 7 heteroatoms. The van der Waals surface area contributed by atoms with Gasteiger partial charge in [-0.2, -0.15) is 4.99 Å². The van der Waals surface area contributed by atoms with Gasteiger partial charge < -0.3 is 11.5 Å². The van der Waals surface area contributed by atoms with E-state index in [1.807, 2.05) is 6.07 Å². The Balaban J connectivity index is 1.94. The standard InChI is InChI=1S/C17H14FN3OS2/c18-13-3-1-2-11-14(13)10-5-4-9(15(22)21-16(19)20)8-12(10)17(11)23-6-7-24-17/h1-5,8H,6-7H2,(H4,19,20,21,22). The Morgan fingerprint density at radius 2 is 1.88 bits per heavy atom. The van der Waals surface area contributed by atoms with E-state index in [9.17, 15) is 9.18 Å². The van der Waals surface area contributed by atoms with Gasteiger partial charge in [0.15, 0.2) is 5.96 Å². The van der Waals surface area contributed by atoms with Gasteiger partial charge in [0.05, 0.1) is 0 Å². The van der Waals surface area contributed by atoms with Crippen molar-refractivity contribution in [2.75, 3.05) is 11.5 Å². The SMILES string of the molecule is NC(N)=NC(=O)c1ccc2c(c1)C1(SCCS1)c1cccc(F)c1-2. The largest absolute Gasteiger partial charge is 0.370 e. The molecule has 1 saturated heterocycles. The average molecular weight is 359 g/mol. The molecule has 24 heavy (non-hydrogen) atoms. The minimum Gasteiger partial charge on any atom is -0.370 e. The first-order valence-corrected chi connectivity index (χ1v) is 9.36. The number of halogens is 1. The van der Waals surface area contributed by atoms with Crippen LogP contribution in [-0.2, 0) is 4.08 Å². The summed E-state index contributed by atoms with van der Waals surface area (Å²) >= 11 is 3.56. The number of thioether (sulfide) groups is 2. The molecule has 0 aromatic heterocycles. The van der Waals surface area contributed by atoms with E-state index in [-0.39, 0.29) is 15.9 Å². The molecule has 4 N–H and O–H groups in total. The fourth-order valence-electron chi connectivity index (χ4n) is 3.29. The van der Waals surface area contributed by atoms with Gasteiger partial charge in [-0.1, -0.05) is 18.2 Å². The number of nitrogens with two attached hydrogens (primary N) is 2.